The van der Waals surface area contributed by atoms with E-state index in [1.54, 1.807) is 0 Å². The van der Waals surface area contributed by atoms with Crippen LogP contribution in [0.4, 0.5) is 0 Å². The highest BCUT2D eigenvalue weighted by molar-refractivity contribution is 7.99. The predicted octanol–water partition coefficient (Wildman–Crippen LogP) is 3.35. The van der Waals surface area contributed by atoms with Gasteiger partial charge in [0.1, 0.15) is 0 Å². The van der Waals surface area contributed by atoms with Gasteiger partial charge in [-0.2, -0.15) is 0 Å². The molecule has 1 atom stereocenters. The molecule has 1 N–H and O–H groups in total. The van der Waals surface area contributed by atoms with Gasteiger partial charge in [0.2, 0.25) is 0 Å². The number of likely N-dealkylation sites (N-methyl/N-ethyl adjacent to an activating group) is 1. The van der Waals surface area contributed by atoms with E-state index in [-0.39, 0.29) is 0 Å². The van der Waals surface area contributed by atoms with Crippen LogP contribution < -0.4 is 5.32 Å². The summed E-state index contributed by atoms with van der Waals surface area (Å²) in [6.45, 7) is 4.31. The van der Waals surface area contributed by atoms with Crippen LogP contribution >= 0.6 is 11.8 Å². The molecule has 1 aliphatic heterocycles. The molecule has 0 radical (unpaired) electrons. The predicted molar refractivity (Wildman–Crippen MR) is 75.5 cm³/mol. The normalized spacial score (nSPS) is 20.1. The number of fused-ring (bicyclic) bond motifs is 1. The third-order valence-corrected chi connectivity index (χ3v) is 4.95. The van der Waals surface area contributed by atoms with Gasteiger partial charge < -0.3 is 5.32 Å². The molecule has 1 nitrogen and oxygen atoms in total. The van der Waals surface area contributed by atoms with E-state index in [4.69, 9.17) is 0 Å². The number of aryl methyl sites for hydroxylation is 1. The minimum atomic E-state index is 0.472. The number of hydrogen-bond donors (Lipinski definition) is 1. The Labute approximate surface area is 108 Å². The third-order valence-electron chi connectivity index (χ3n) is 3.85. The summed E-state index contributed by atoms with van der Waals surface area (Å²) in [7, 11) is 2.05. The number of hydrogen-bond acceptors (Lipinski definition) is 2. The van der Waals surface area contributed by atoms with Gasteiger partial charge in [0, 0.05) is 16.7 Å². The van der Waals surface area contributed by atoms with Gasteiger partial charge in [0.15, 0.2) is 0 Å². The summed E-state index contributed by atoms with van der Waals surface area (Å²) in [5, 5.41) is 3.42. The van der Waals surface area contributed by atoms with Gasteiger partial charge in [-0.1, -0.05) is 18.7 Å². The molecule has 1 unspecified atom stereocenters. The summed E-state index contributed by atoms with van der Waals surface area (Å²) in [5.74, 6) is 2.05. The van der Waals surface area contributed by atoms with Gasteiger partial charge in [-0.25, -0.2) is 0 Å². The lowest BCUT2D eigenvalue weighted by Gasteiger charge is -2.19. The average molecular weight is 245 g/mol. The van der Waals surface area contributed by atoms with Crippen LogP contribution in [0.3, 0.4) is 0 Å². The summed E-state index contributed by atoms with van der Waals surface area (Å²) < 4.78 is 0. The van der Waals surface area contributed by atoms with Crippen molar-refractivity contribution in [1.82, 2.24) is 5.32 Å². The van der Waals surface area contributed by atoms with Crippen LogP contribution in [0.5, 0.6) is 0 Å². The van der Waals surface area contributed by atoms with E-state index in [9.17, 15) is 0 Å². The molecule has 1 aromatic rings. The van der Waals surface area contributed by atoms with E-state index >= 15 is 0 Å². The van der Waals surface area contributed by atoms with Crippen LogP contribution in [0.2, 0.25) is 0 Å². The fourth-order valence-electron chi connectivity index (χ4n) is 2.67. The summed E-state index contributed by atoms with van der Waals surface area (Å²) in [6.07, 6.45) is 3.93. The molecule has 1 saturated carbocycles. The van der Waals surface area contributed by atoms with Gasteiger partial charge >= 0.3 is 0 Å². The van der Waals surface area contributed by atoms with Gasteiger partial charge in [-0.3, -0.25) is 0 Å². The fraction of sp³-hybridized carbons (Fsp3) is 0.467. The smallest absolute Gasteiger partial charge is 0.0346 e. The van der Waals surface area contributed by atoms with E-state index in [0.29, 0.717) is 6.04 Å². The molecule has 0 bridgehead atoms. The monoisotopic (exact) mass is 245 g/mol. The first-order valence-electron chi connectivity index (χ1n) is 6.42. The van der Waals surface area contributed by atoms with Gasteiger partial charge in [-0.05, 0) is 55.0 Å². The van der Waals surface area contributed by atoms with Crippen molar-refractivity contribution in [2.45, 2.75) is 30.2 Å². The number of rotatable bonds is 4. The highest BCUT2D eigenvalue weighted by Gasteiger charge is 2.32. The highest BCUT2D eigenvalue weighted by Crippen LogP contribution is 2.39. The molecular weight excluding hydrogens is 226 g/mol. The standard InChI is InChI=1S/C15H19NS/c1-10(15(16-2)12-4-5-12)13-6-3-11-7-8-17-14(11)9-13/h3,6,9,12,15-16H,1,4-5,7-8H2,2H3. The Bertz CT molecular complexity index is 448. The lowest BCUT2D eigenvalue weighted by Crippen LogP contribution is -2.28. The Balaban J connectivity index is 1.85. The molecule has 3 rings (SSSR count). The summed E-state index contributed by atoms with van der Waals surface area (Å²) >= 11 is 1.98. The first-order valence-corrected chi connectivity index (χ1v) is 7.40. The first-order chi connectivity index (χ1) is 8.29. The third kappa shape index (κ3) is 2.16. The van der Waals surface area contributed by atoms with Crippen molar-refractivity contribution in [2.75, 3.05) is 12.8 Å². The van der Waals surface area contributed by atoms with Crippen molar-refractivity contribution in [1.29, 1.82) is 0 Å². The van der Waals surface area contributed by atoms with Crippen molar-refractivity contribution in [2.24, 2.45) is 5.92 Å². The van der Waals surface area contributed by atoms with E-state index < -0.39 is 0 Å². The van der Waals surface area contributed by atoms with Crippen molar-refractivity contribution in [3.63, 3.8) is 0 Å². The van der Waals surface area contributed by atoms with E-state index in [2.05, 4.69) is 37.1 Å². The van der Waals surface area contributed by atoms with Crippen molar-refractivity contribution in [3.8, 4) is 0 Å². The quantitative estimate of drug-likeness (QED) is 0.873. The van der Waals surface area contributed by atoms with Crippen LogP contribution in [-0.4, -0.2) is 18.8 Å². The zero-order valence-corrected chi connectivity index (χ0v) is 11.1. The van der Waals surface area contributed by atoms with Gasteiger partial charge in [0.25, 0.3) is 0 Å². The minimum absolute atomic E-state index is 0.472. The Morgan fingerprint density at radius 3 is 3.00 bits per heavy atom. The van der Waals surface area contributed by atoms with Crippen molar-refractivity contribution >= 4 is 17.3 Å². The Hall–Kier alpha value is -0.730. The SMILES string of the molecule is C=C(c1ccc2c(c1)SCC2)C(NC)C1CC1. The van der Waals surface area contributed by atoms with Gasteiger partial charge in [0.05, 0.1) is 0 Å². The molecule has 17 heavy (non-hydrogen) atoms. The molecule has 1 heterocycles. The zero-order chi connectivity index (χ0) is 11.8. The molecule has 0 amide bonds. The summed E-state index contributed by atoms with van der Waals surface area (Å²) in [5.41, 5.74) is 4.11. The number of thioether (sulfide) groups is 1. The first kappa shape index (κ1) is 11.4. The maximum atomic E-state index is 4.31. The lowest BCUT2D eigenvalue weighted by atomic mass is 9.95. The van der Waals surface area contributed by atoms with E-state index in [0.717, 1.165) is 5.92 Å². The van der Waals surface area contributed by atoms with Crippen LogP contribution in [0.15, 0.2) is 29.7 Å². The molecule has 1 aliphatic carbocycles. The minimum Gasteiger partial charge on any atom is -0.313 e. The lowest BCUT2D eigenvalue weighted by molar-refractivity contribution is 0.612. The Kier molecular flexibility index (Phi) is 3.01. The Morgan fingerprint density at radius 2 is 2.29 bits per heavy atom. The zero-order valence-electron chi connectivity index (χ0n) is 10.3. The molecular formula is C15H19NS. The maximum Gasteiger partial charge on any atom is 0.0346 e. The summed E-state index contributed by atoms with van der Waals surface area (Å²) in [6, 6.07) is 7.34. The van der Waals surface area contributed by atoms with Crippen molar-refractivity contribution < 1.29 is 0 Å². The molecule has 0 spiro atoms. The van der Waals surface area contributed by atoms with Crippen LogP contribution in [0.1, 0.15) is 24.0 Å². The van der Waals surface area contributed by atoms with E-state index in [1.807, 2.05) is 11.8 Å². The van der Waals surface area contributed by atoms with Crippen LogP contribution in [0.25, 0.3) is 5.57 Å². The molecule has 2 heteroatoms. The second kappa shape index (κ2) is 4.51. The molecule has 0 saturated heterocycles. The van der Waals surface area contributed by atoms with Gasteiger partial charge in [-0.15, -0.1) is 11.8 Å². The molecule has 90 valence electrons. The molecule has 1 aromatic carbocycles. The highest BCUT2D eigenvalue weighted by atomic mass is 32.2. The van der Waals surface area contributed by atoms with Crippen molar-refractivity contribution in [3.05, 3.63) is 35.9 Å². The van der Waals surface area contributed by atoms with Crippen LogP contribution in [0, 0.1) is 5.92 Å². The average Bonchev–Trinajstić information content (AvgIpc) is 3.07. The largest absolute Gasteiger partial charge is 0.313 e. The molecule has 2 aliphatic rings. The fourth-order valence-corrected chi connectivity index (χ4v) is 3.78. The second-order valence-electron chi connectivity index (χ2n) is 5.05. The van der Waals surface area contributed by atoms with E-state index in [1.165, 1.54) is 46.6 Å². The molecule has 1 fully saturated rings. The summed E-state index contributed by atoms with van der Waals surface area (Å²) in [4.78, 5) is 1.47. The number of nitrogens with one attached hydrogen (secondary N) is 1. The van der Waals surface area contributed by atoms with Crippen LogP contribution in [-0.2, 0) is 6.42 Å². The Morgan fingerprint density at radius 1 is 1.47 bits per heavy atom. The maximum absolute atomic E-state index is 4.31. The molecule has 0 aromatic heterocycles. The second-order valence-corrected chi connectivity index (χ2v) is 6.19. The number of benzene rings is 1. The topological polar surface area (TPSA) is 12.0 Å².